The minimum atomic E-state index is 0.146. The van der Waals surface area contributed by atoms with Gasteiger partial charge in [0, 0.05) is 18.3 Å². The number of amidine groups is 1. The molecule has 2 aliphatic rings. The molecule has 114 valence electrons. The number of aryl methyl sites for hydroxylation is 2. The van der Waals surface area contributed by atoms with Crippen LogP contribution in [0.1, 0.15) is 55.3 Å². The fourth-order valence-electron chi connectivity index (χ4n) is 4.25. The molecule has 2 unspecified atom stereocenters. The van der Waals surface area contributed by atoms with Crippen molar-refractivity contribution in [2.24, 2.45) is 11.7 Å². The molecule has 1 aromatic rings. The molecular weight excluding hydrogens is 260 g/mol. The van der Waals surface area contributed by atoms with Crippen LogP contribution in [0.5, 0.6) is 0 Å². The lowest BCUT2D eigenvalue weighted by Crippen LogP contribution is -2.48. The molecule has 0 bridgehead atoms. The van der Waals surface area contributed by atoms with Crippen LogP contribution in [0.4, 0.5) is 5.82 Å². The van der Waals surface area contributed by atoms with Gasteiger partial charge in [-0.1, -0.05) is 12.8 Å². The number of piperidine rings is 1. The van der Waals surface area contributed by atoms with Crippen LogP contribution in [-0.4, -0.2) is 23.4 Å². The lowest BCUT2D eigenvalue weighted by molar-refractivity contribution is 0.242. The number of nitrogens with two attached hydrogens (primary N) is 1. The van der Waals surface area contributed by atoms with Crippen molar-refractivity contribution in [1.29, 1.82) is 5.41 Å². The summed E-state index contributed by atoms with van der Waals surface area (Å²) in [5, 5.41) is 7.95. The number of hydrogen-bond acceptors (Lipinski definition) is 3. The highest BCUT2D eigenvalue weighted by Crippen LogP contribution is 2.38. The summed E-state index contributed by atoms with van der Waals surface area (Å²) in [7, 11) is 0. The molecule has 2 atom stereocenters. The first-order chi connectivity index (χ1) is 10.1. The SMILES string of the molecule is Cc1cc(C)c(C(=N)N)c(N2CCCC3CCCCC32)n1. The highest BCUT2D eigenvalue weighted by Gasteiger charge is 2.35. The van der Waals surface area contributed by atoms with Crippen molar-refractivity contribution in [3.63, 3.8) is 0 Å². The van der Waals surface area contributed by atoms with Gasteiger partial charge in [0.05, 0.1) is 5.56 Å². The summed E-state index contributed by atoms with van der Waals surface area (Å²) in [5.74, 6) is 1.90. The molecule has 3 rings (SSSR count). The van der Waals surface area contributed by atoms with Crippen LogP contribution >= 0.6 is 0 Å². The molecule has 1 saturated heterocycles. The Labute approximate surface area is 127 Å². The fraction of sp³-hybridized carbons (Fsp3) is 0.647. The largest absolute Gasteiger partial charge is 0.384 e. The number of nitrogens with zero attached hydrogens (tertiary/aromatic N) is 2. The van der Waals surface area contributed by atoms with Crippen molar-refractivity contribution in [3.05, 3.63) is 22.9 Å². The quantitative estimate of drug-likeness (QED) is 0.648. The average molecular weight is 286 g/mol. The van der Waals surface area contributed by atoms with Crippen LogP contribution in [0, 0.1) is 25.2 Å². The van der Waals surface area contributed by atoms with Crippen LogP contribution in [0.15, 0.2) is 6.07 Å². The van der Waals surface area contributed by atoms with E-state index in [4.69, 9.17) is 16.1 Å². The van der Waals surface area contributed by atoms with Gasteiger partial charge in [-0.05, 0) is 57.1 Å². The Bertz CT molecular complexity index is 550. The molecule has 4 heteroatoms. The van der Waals surface area contributed by atoms with E-state index in [1.54, 1.807) is 0 Å². The monoisotopic (exact) mass is 286 g/mol. The van der Waals surface area contributed by atoms with Gasteiger partial charge in [0.15, 0.2) is 0 Å². The maximum absolute atomic E-state index is 7.95. The minimum Gasteiger partial charge on any atom is -0.384 e. The zero-order valence-electron chi connectivity index (χ0n) is 13.2. The zero-order valence-corrected chi connectivity index (χ0v) is 13.2. The third-order valence-corrected chi connectivity index (χ3v) is 5.11. The first-order valence-electron chi connectivity index (χ1n) is 8.17. The Hall–Kier alpha value is -1.58. The van der Waals surface area contributed by atoms with E-state index in [9.17, 15) is 0 Å². The molecule has 0 amide bonds. The van der Waals surface area contributed by atoms with E-state index < -0.39 is 0 Å². The summed E-state index contributed by atoms with van der Waals surface area (Å²) in [6, 6.07) is 2.63. The average Bonchev–Trinajstić information content (AvgIpc) is 2.45. The second kappa shape index (κ2) is 5.66. The summed E-state index contributed by atoms with van der Waals surface area (Å²) >= 11 is 0. The van der Waals surface area contributed by atoms with Crippen molar-refractivity contribution < 1.29 is 0 Å². The summed E-state index contributed by atoms with van der Waals surface area (Å²) in [4.78, 5) is 7.24. The van der Waals surface area contributed by atoms with Gasteiger partial charge in [-0.15, -0.1) is 0 Å². The van der Waals surface area contributed by atoms with Gasteiger partial charge in [0.25, 0.3) is 0 Å². The number of nitrogens with one attached hydrogen (secondary N) is 1. The van der Waals surface area contributed by atoms with E-state index in [1.165, 1.54) is 38.5 Å². The van der Waals surface area contributed by atoms with Gasteiger partial charge < -0.3 is 10.6 Å². The Balaban J connectivity index is 2.04. The Morgan fingerprint density at radius 3 is 2.71 bits per heavy atom. The lowest BCUT2D eigenvalue weighted by Gasteiger charge is -2.45. The second-order valence-electron chi connectivity index (χ2n) is 6.64. The first kappa shape index (κ1) is 14.4. The van der Waals surface area contributed by atoms with E-state index in [-0.39, 0.29) is 5.84 Å². The van der Waals surface area contributed by atoms with E-state index >= 15 is 0 Å². The Morgan fingerprint density at radius 1 is 1.24 bits per heavy atom. The molecule has 0 aromatic carbocycles. The molecule has 0 radical (unpaired) electrons. The van der Waals surface area contributed by atoms with Gasteiger partial charge in [0.1, 0.15) is 11.7 Å². The molecule has 1 aliphatic heterocycles. The molecule has 2 heterocycles. The summed E-state index contributed by atoms with van der Waals surface area (Å²) in [5.41, 5.74) is 8.79. The van der Waals surface area contributed by atoms with Crippen LogP contribution in [0.3, 0.4) is 0 Å². The minimum absolute atomic E-state index is 0.146. The summed E-state index contributed by atoms with van der Waals surface area (Å²) in [6.07, 6.45) is 7.87. The lowest BCUT2D eigenvalue weighted by atomic mass is 9.78. The van der Waals surface area contributed by atoms with Gasteiger partial charge in [-0.3, -0.25) is 5.41 Å². The Kier molecular flexibility index (Phi) is 3.87. The van der Waals surface area contributed by atoms with E-state index in [1.807, 2.05) is 19.9 Å². The number of pyridine rings is 1. The van der Waals surface area contributed by atoms with Crippen LogP contribution in [0.2, 0.25) is 0 Å². The van der Waals surface area contributed by atoms with E-state index in [0.29, 0.717) is 6.04 Å². The van der Waals surface area contributed by atoms with Crippen molar-refractivity contribution in [2.45, 2.75) is 58.4 Å². The van der Waals surface area contributed by atoms with Gasteiger partial charge >= 0.3 is 0 Å². The van der Waals surface area contributed by atoms with Crippen LogP contribution in [-0.2, 0) is 0 Å². The zero-order chi connectivity index (χ0) is 15.0. The number of hydrogen-bond donors (Lipinski definition) is 2. The highest BCUT2D eigenvalue weighted by molar-refractivity contribution is 6.01. The number of aromatic nitrogens is 1. The van der Waals surface area contributed by atoms with Crippen molar-refractivity contribution in [2.75, 3.05) is 11.4 Å². The van der Waals surface area contributed by atoms with E-state index in [2.05, 4.69) is 4.90 Å². The molecule has 0 spiro atoms. The molecule has 1 aromatic heterocycles. The molecule has 1 aliphatic carbocycles. The number of anilines is 1. The van der Waals surface area contributed by atoms with Crippen molar-refractivity contribution in [3.8, 4) is 0 Å². The number of nitrogen functional groups attached to an aromatic ring is 1. The smallest absolute Gasteiger partial charge is 0.140 e. The maximum Gasteiger partial charge on any atom is 0.140 e. The van der Waals surface area contributed by atoms with Gasteiger partial charge in [0.2, 0.25) is 0 Å². The van der Waals surface area contributed by atoms with Crippen molar-refractivity contribution >= 4 is 11.7 Å². The predicted molar refractivity (Wildman–Crippen MR) is 87.1 cm³/mol. The predicted octanol–water partition coefficient (Wildman–Crippen LogP) is 3.14. The Morgan fingerprint density at radius 2 is 1.95 bits per heavy atom. The maximum atomic E-state index is 7.95. The van der Waals surface area contributed by atoms with Gasteiger partial charge in [-0.25, -0.2) is 4.98 Å². The molecular formula is C17H26N4. The van der Waals surface area contributed by atoms with Gasteiger partial charge in [-0.2, -0.15) is 0 Å². The molecule has 21 heavy (non-hydrogen) atoms. The third kappa shape index (κ3) is 2.63. The fourth-order valence-corrected chi connectivity index (χ4v) is 4.25. The summed E-state index contributed by atoms with van der Waals surface area (Å²) < 4.78 is 0. The molecule has 2 fully saturated rings. The molecule has 4 nitrogen and oxygen atoms in total. The first-order valence-corrected chi connectivity index (χ1v) is 8.17. The topological polar surface area (TPSA) is 66.0 Å². The molecule has 1 saturated carbocycles. The highest BCUT2D eigenvalue weighted by atomic mass is 15.2. The summed E-state index contributed by atoms with van der Waals surface area (Å²) in [6.45, 7) is 5.12. The number of rotatable bonds is 2. The third-order valence-electron chi connectivity index (χ3n) is 5.11. The molecule has 3 N–H and O–H groups in total. The standard InChI is InChI=1S/C17H26N4/c1-11-10-12(2)20-17(15(11)16(18)19)21-9-5-7-13-6-3-4-8-14(13)21/h10,13-14H,3-9H2,1-2H3,(H3,18,19). The second-order valence-corrected chi connectivity index (χ2v) is 6.64. The van der Waals surface area contributed by atoms with Crippen molar-refractivity contribution in [1.82, 2.24) is 4.98 Å². The van der Waals surface area contributed by atoms with Crippen LogP contribution in [0.25, 0.3) is 0 Å². The van der Waals surface area contributed by atoms with E-state index in [0.717, 1.165) is 35.1 Å². The normalized spacial score (nSPS) is 25.5. The van der Waals surface area contributed by atoms with Crippen LogP contribution < -0.4 is 10.6 Å². The number of fused-ring (bicyclic) bond motifs is 1.